The first-order valence-electron chi connectivity index (χ1n) is 5.56. The number of carbonyl (C=O) groups is 1. The van der Waals surface area contributed by atoms with Gasteiger partial charge in [0.15, 0.2) is 0 Å². The Kier molecular flexibility index (Phi) is 5.12. The largest absolute Gasteiger partial charge is 0.298 e. The van der Waals surface area contributed by atoms with Crippen molar-refractivity contribution in [3.63, 3.8) is 0 Å². The number of nitrogens with zero attached hydrogens (tertiary/aromatic N) is 1. The van der Waals surface area contributed by atoms with Crippen LogP contribution in [0.2, 0.25) is 0 Å². The number of hydrogen-bond acceptors (Lipinski definition) is 2. The van der Waals surface area contributed by atoms with E-state index >= 15 is 0 Å². The Bertz CT molecular complexity index is 352. The number of hydrogen-bond donors (Lipinski definition) is 0. The molecule has 0 amide bonds. The molecule has 0 spiro atoms. The van der Waals surface area contributed by atoms with Crippen LogP contribution in [0.25, 0.3) is 0 Å². The van der Waals surface area contributed by atoms with E-state index in [-0.39, 0.29) is 11.6 Å². The molecule has 0 bridgehead atoms. The summed E-state index contributed by atoms with van der Waals surface area (Å²) in [7, 11) is 1.87. The molecule has 0 aliphatic carbocycles. The summed E-state index contributed by atoms with van der Waals surface area (Å²) in [5.74, 6) is 0.00666. The minimum atomic E-state index is -0.231. The SMILES string of the molecule is CCCC(=O)CN(C)Cc1cccc(F)c1. The second kappa shape index (κ2) is 6.38. The van der Waals surface area contributed by atoms with E-state index in [9.17, 15) is 9.18 Å². The van der Waals surface area contributed by atoms with Gasteiger partial charge in [0.1, 0.15) is 11.6 Å². The maximum absolute atomic E-state index is 12.9. The molecule has 1 rings (SSSR count). The first-order valence-corrected chi connectivity index (χ1v) is 5.56. The van der Waals surface area contributed by atoms with Crippen molar-refractivity contribution in [1.29, 1.82) is 0 Å². The minimum absolute atomic E-state index is 0.231. The molecule has 0 atom stereocenters. The van der Waals surface area contributed by atoms with Crippen LogP contribution < -0.4 is 0 Å². The van der Waals surface area contributed by atoms with Crippen molar-refractivity contribution in [2.24, 2.45) is 0 Å². The van der Waals surface area contributed by atoms with Gasteiger partial charge >= 0.3 is 0 Å². The lowest BCUT2D eigenvalue weighted by Gasteiger charge is -2.15. The molecule has 16 heavy (non-hydrogen) atoms. The molecule has 0 fully saturated rings. The van der Waals surface area contributed by atoms with Crippen LogP contribution in [0.1, 0.15) is 25.3 Å². The molecule has 3 heteroatoms. The van der Waals surface area contributed by atoms with E-state index in [2.05, 4.69) is 0 Å². The zero-order chi connectivity index (χ0) is 12.0. The van der Waals surface area contributed by atoms with Crippen molar-refractivity contribution in [1.82, 2.24) is 4.90 Å². The number of rotatable bonds is 6. The molecule has 2 nitrogen and oxygen atoms in total. The van der Waals surface area contributed by atoms with Crippen LogP contribution in [0.15, 0.2) is 24.3 Å². The standard InChI is InChI=1S/C13H18FNO/c1-3-5-13(16)10-15(2)9-11-6-4-7-12(14)8-11/h4,6-8H,3,5,9-10H2,1-2H3. The lowest BCUT2D eigenvalue weighted by molar-refractivity contribution is -0.120. The van der Waals surface area contributed by atoms with Crippen molar-refractivity contribution < 1.29 is 9.18 Å². The quantitative estimate of drug-likeness (QED) is 0.739. The van der Waals surface area contributed by atoms with Crippen molar-refractivity contribution in [2.75, 3.05) is 13.6 Å². The molecule has 0 aliphatic rings. The second-order valence-electron chi connectivity index (χ2n) is 4.09. The molecule has 0 saturated heterocycles. The van der Waals surface area contributed by atoms with Gasteiger partial charge in [-0.2, -0.15) is 0 Å². The Morgan fingerprint density at radius 1 is 1.44 bits per heavy atom. The van der Waals surface area contributed by atoms with Gasteiger partial charge in [-0.3, -0.25) is 9.69 Å². The fourth-order valence-corrected chi connectivity index (χ4v) is 1.66. The molecule has 0 unspecified atom stereocenters. The molecular formula is C13H18FNO. The van der Waals surface area contributed by atoms with Gasteiger partial charge in [0, 0.05) is 13.0 Å². The summed E-state index contributed by atoms with van der Waals surface area (Å²) >= 11 is 0. The molecular weight excluding hydrogens is 205 g/mol. The van der Waals surface area contributed by atoms with Crippen molar-refractivity contribution in [3.05, 3.63) is 35.6 Å². The number of likely N-dealkylation sites (N-methyl/N-ethyl adjacent to an activating group) is 1. The lowest BCUT2D eigenvalue weighted by Crippen LogP contribution is -2.25. The smallest absolute Gasteiger partial charge is 0.146 e. The van der Waals surface area contributed by atoms with E-state index in [0.29, 0.717) is 19.5 Å². The molecule has 0 saturated carbocycles. The third-order valence-corrected chi connectivity index (χ3v) is 2.32. The Hall–Kier alpha value is -1.22. The highest BCUT2D eigenvalue weighted by molar-refractivity contribution is 5.80. The lowest BCUT2D eigenvalue weighted by atomic mass is 10.2. The van der Waals surface area contributed by atoms with E-state index in [0.717, 1.165) is 12.0 Å². The van der Waals surface area contributed by atoms with Gasteiger partial charge < -0.3 is 0 Å². The highest BCUT2D eigenvalue weighted by atomic mass is 19.1. The van der Waals surface area contributed by atoms with Crippen molar-refractivity contribution >= 4 is 5.78 Å². The summed E-state index contributed by atoms with van der Waals surface area (Å²) in [5.41, 5.74) is 0.895. The number of halogens is 1. The third kappa shape index (κ3) is 4.53. The van der Waals surface area contributed by atoms with Gasteiger partial charge in [-0.15, -0.1) is 0 Å². The normalized spacial score (nSPS) is 10.8. The van der Waals surface area contributed by atoms with Gasteiger partial charge in [0.2, 0.25) is 0 Å². The summed E-state index contributed by atoms with van der Waals surface area (Å²) in [6.45, 7) is 3.03. The predicted molar refractivity (Wildman–Crippen MR) is 62.6 cm³/mol. The van der Waals surface area contributed by atoms with Gasteiger partial charge in [-0.05, 0) is 31.2 Å². The van der Waals surface area contributed by atoms with Crippen molar-refractivity contribution in [3.8, 4) is 0 Å². The maximum atomic E-state index is 12.9. The van der Waals surface area contributed by atoms with E-state index in [1.165, 1.54) is 12.1 Å². The van der Waals surface area contributed by atoms with Crippen LogP contribution in [-0.4, -0.2) is 24.3 Å². The van der Waals surface area contributed by atoms with Crippen LogP contribution in [0.3, 0.4) is 0 Å². The molecule has 0 radical (unpaired) electrons. The van der Waals surface area contributed by atoms with Gasteiger partial charge in [-0.25, -0.2) is 4.39 Å². The molecule has 1 aromatic carbocycles. The second-order valence-corrected chi connectivity index (χ2v) is 4.09. The van der Waals surface area contributed by atoms with Crippen LogP contribution in [0, 0.1) is 5.82 Å². The zero-order valence-electron chi connectivity index (χ0n) is 9.87. The first-order chi connectivity index (χ1) is 7.61. The Morgan fingerprint density at radius 3 is 2.81 bits per heavy atom. The molecule has 0 aromatic heterocycles. The highest BCUT2D eigenvalue weighted by Gasteiger charge is 2.06. The zero-order valence-corrected chi connectivity index (χ0v) is 9.87. The topological polar surface area (TPSA) is 20.3 Å². The van der Waals surface area contributed by atoms with Gasteiger partial charge in [0.05, 0.1) is 6.54 Å². The van der Waals surface area contributed by atoms with Crippen LogP contribution >= 0.6 is 0 Å². The first kappa shape index (κ1) is 12.8. The molecule has 1 aromatic rings. The molecule has 0 aliphatic heterocycles. The van der Waals surface area contributed by atoms with Crippen LogP contribution in [0.4, 0.5) is 4.39 Å². The Balaban J connectivity index is 2.45. The molecule has 0 heterocycles. The average molecular weight is 223 g/mol. The number of benzene rings is 1. The van der Waals surface area contributed by atoms with Crippen molar-refractivity contribution in [2.45, 2.75) is 26.3 Å². The monoisotopic (exact) mass is 223 g/mol. The predicted octanol–water partition coefficient (Wildman–Crippen LogP) is 2.63. The number of carbonyl (C=O) groups excluding carboxylic acids is 1. The van der Waals surface area contributed by atoms with E-state index in [4.69, 9.17) is 0 Å². The van der Waals surface area contributed by atoms with Crippen LogP contribution in [-0.2, 0) is 11.3 Å². The summed E-state index contributed by atoms with van der Waals surface area (Å²) < 4.78 is 12.9. The number of ketones is 1. The highest BCUT2D eigenvalue weighted by Crippen LogP contribution is 2.06. The Labute approximate surface area is 96.1 Å². The van der Waals surface area contributed by atoms with E-state index < -0.39 is 0 Å². The molecule has 88 valence electrons. The third-order valence-electron chi connectivity index (χ3n) is 2.32. The fourth-order valence-electron chi connectivity index (χ4n) is 1.66. The molecule has 0 N–H and O–H groups in total. The van der Waals surface area contributed by atoms with E-state index in [1.54, 1.807) is 6.07 Å². The van der Waals surface area contributed by atoms with Crippen LogP contribution in [0.5, 0.6) is 0 Å². The summed E-state index contributed by atoms with van der Waals surface area (Å²) in [6.07, 6.45) is 1.50. The fraction of sp³-hybridized carbons (Fsp3) is 0.462. The summed E-state index contributed by atoms with van der Waals surface area (Å²) in [5, 5.41) is 0. The van der Waals surface area contributed by atoms with Gasteiger partial charge in [0.25, 0.3) is 0 Å². The van der Waals surface area contributed by atoms with E-state index in [1.807, 2.05) is 24.9 Å². The summed E-state index contributed by atoms with van der Waals surface area (Å²) in [6, 6.07) is 6.47. The van der Waals surface area contributed by atoms with Gasteiger partial charge in [-0.1, -0.05) is 19.1 Å². The maximum Gasteiger partial charge on any atom is 0.146 e. The Morgan fingerprint density at radius 2 is 2.19 bits per heavy atom. The summed E-state index contributed by atoms with van der Waals surface area (Å²) in [4.78, 5) is 13.3. The average Bonchev–Trinajstić information content (AvgIpc) is 2.17. The number of Topliss-reactive ketones (excluding diaryl/α,β-unsaturated/α-hetero) is 1. The minimum Gasteiger partial charge on any atom is -0.298 e.